The Morgan fingerprint density at radius 2 is 1.50 bits per heavy atom. The van der Waals surface area contributed by atoms with Gasteiger partial charge in [-0.15, -0.1) is 0 Å². The van der Waals surface area contributed by atoms with Gasteiger partial charge in [-0.2, -0.15) is 5.01 Å². The number of esters is 1. The quantitative estimate of drug-likeness (QED) is 0.0624. The van der Waals surface area contributed by atoms with Crippen LogP contribution in [0.5, 0.6) is 5.75 Å². The maximum Gasteiger partial charge on any atom is 0.379 e. The molecule has 1 saturated carbocycles. The van der Waals surface area contributed by atoms with E-state index in [2.05, 4.69) is 31.9 Å². The van der Waals surface area contributed by atoms with Gasteiger partial charge in [-0.25, -0.2) is 9.80 Å². The number of nitro groups is 1. The number of ether oxygens (including phenoxy) is 1. The van der Waals surface area contributed by atoms with Gasteiger partial charge in [0, 0.05) is 32.9 Å². The summed E-state index contributed by atoms with van der Waals surface area (Å²) in [4.78, 5) is 76.5. The summed E-state index contributed by atoms with van der Waals surface area (Å²) in [5, 5.41) is 12.6. The second-order valence-electron chi connectivity index (χ2n) is 9.69. The van der Waals surface area contributed by atoms with Crippen LogP contribution in [0.2, 0.25) is 0 Å². The zero-order valence-electron chi connectivity index (χ0n) is 21.6. The van der Waals surface area contributed by atoms with Crippen LogP contribution in [0.4, 0.5) is 5.69 Å². The SMILES string of the molecule is O=C(CN(C(=O)c1ccc([N+](=O)[O-])cc1)N1C(=O)[C@@H]2C[C@@H](Br)[C@@H](Br)C[C@H]2C1=O)c1ccc(OC(=O)c2ccco2)cc1. The highest BCUT2D eigenvalue weighted by atomic mass is 79.9. The molecule has 0 spiro atoms. The zero-order valence-corrected chi connectivity index (χ0v) is 24.7. The number of ketones is 1. The van der Waals surface area contributed by atoms with Crippen molar-refractivity contribution >= 4 is 67.0 Å². The summed E-state index contributed by atoms with van der Waals surface area (Å²) in [6.45, 7) is -0.673. The first-order valence-corrected chi connectivity index (χ1v) is 14.5. The number of non-ortho nitro benzene ring substituents is 1. The van der Waals surface area contributed by atoms with Crippen molar-refractivity contribution in [2.45, 2.75) is 22.5 Å². The van der Waals surface area contributed by atoms with Gasteiger partial charge >= 0.3 is 5.97 Å². The average Bonchev–Trinajstić information content (AvgIpc) is 3.60. The van der Waals surface area contributed by atoms with Crippen LogP contribution in [0.25, 0.3) is 0 Å². The largest absolute Gasteiger partial charge is 0.457 e. The van der Waals surface area contributed by atoms with Crippen LogP contribution < -0.4 is 4.74 Å². The molecule has 0 unspecified atom stereocenters. The Bertz CT molecular complexity index is 1530. The second-order valence-corrected chi connectivity index (χ2v) is 12.0. The molecule has 2 fully saturated rings. The van der Waals surface area contributed by atoms with Crippen molar-refractivity contribution in [3.63, 3.8) is 0 Å². The van der Waals surface area contributed by atoms with E-state index < -0.39 is 52.8 Å². The Kier molecular flexibility index (Phi) is 8.36. The molecule has 1 aromatic heterocycles. The van der Waals surface area contributed by atoms with Crippen LogP contribution in [0.1, 0.15) is 44.1 Å². The van der Waals surface area contributed by atoms with E-state index in [0.29, 0.717) is 12.8 Å². The Morgan fingerprint density at radius 3 is 2.02 bits per heavy atom. The van der Waals surface area contributed by atoms with Crippen LogP contribution in [0.3, 0.4) is 0 Å². The van der Waals surface area contributed by atoms with Crippen LogP contribution in [0, 0.1) is 22.0 Å². The third-order valence-corrected chi connectivity index (χ3v) is 9.83. The molecule has 5 rings (SSSR count). The molecule has 0 N–H and O–H groups in total. The van der Waals surface area contributed by atoms with Crippen molar-refractivity contribution in [3.8, 4) is 5.75 Å². The second kappa shape index (κ2) is 12.0. The summed E-state index contributed by atoms with van der Waals surface area (Å²) in [6.07, 6.45) is 2.03. The molecule has 1 saturated heterocycles. The molecule has 2 heterocycles. The number of imide groups is 1. The molecule has 14 heteroatoms. The monoisotopic (exact) mass is 701 g/mol. The fourth-order valence-corrected chi connectivity index (χ4v) is 6.15. The maximum atomic E-state index is 13.7. The Hall–Kier alpha value is -4.17. The fourth-order valence-electron chi connectivity index (χ4n) is 4.91. The van der Waals surface area contributed by atoms with E-state index in [-0.39, 0.29) is 38.0 Å². The van der Waals surface area contributed by atoms with Crippen molar-refractivity contribution in [1.82, 2.24) is 10.0 Å². The van der Waals surface area contributed by atoms with E-state index in [4.69, 9.17) is 9.15 Å². The lowest BCUT2D eigenvalue weighted by Crippen LogP contribution is -2.52. The van der Waals surface area contributed by atoms with E-state index >= 15 is 0 Å². The smallest absolute Gasteiger partial charge is 0.379 e. The number of hydrazine groups is 1. The van der Waals surface area contributed by atoms with E-state index in [1.54, 1.807) is 0 Å². The fraction of sp³-hybridized carbons (Fsp3) is 0.250. The molecule has 0 bridgehead atoms. The first-order valence-electron chi connectivity index (χ1n) is 12.7. The van der Waals surface area contributed by atoms with Gasteiger partial charge in [0.1, 0.15) is 12.3 Å². The highest BCUT2D eigenvalue weighted by molar-refractivity contribution is 9.12. The van der Waals surface area contributed by atoms with Gasteiger partial charge in [-0.1, -0.05) is 31.9 Å². The predicted octanol–water partition coefficient (Wildman–Crippen LogP) is 4.57. The Labute approximate surface area is 255 Å². The van der Waals surface area contributed by atoms with Gasteiger partial charge in [-0.05, 0) is 61.4 Å². The number of furan rings is 1. The molecular weight excluding hydrogens is 682 g/mol. The first kappa shape index (κ1) is 29.3. The van der Waals surface area contributed by atoms with Crippen molar-refractivity contribution in [2.75, 3.05) is 6.54 Å². The van der Waals surface area contributed by atoms with Gasteiger partial charge in [0.25, 0.3) is 23.4 Å². The van der Waals surface area contributed by atoms with Crippen molar-refractivity contribution in [2.24, 2.45) is 11.8 Å². The lowest BCUT2D eigenvalue weighted by atomic mass is 9.81. The highest BCUT2D eigenvalue weighted by Gasteiger charge is 2.54. The predicted molar refractivity (Wildman–Crippen MR) is 152 cm³/mol. The summed E-state index contributed by atoms with van der Waals surface area (Å²) >= 11 is 7.05. The summed E-state index contributed by atoms with van der Waals surface area (Å²) in [6, 6.07) is 13.1. The molecule has 2 aromatic carbocycles. The summed E-state index contributed by atoms with van der Waals surface area (Å²) in [7, 11) is 0. The summed E-state index contributed by atoms with van der Waals surface area (Å²) in [5.41, 5.74) is -0.194. The number of hydrogen-bond donors (Lipinski definition) is 0. The number of alkyl halides is 2. The van der Waals surface area contributed by atoms with E-state index in [1.807, 2.05) is 0 Å². The number of fused-ring (bicyclic) bond motifs is 1. The lowest BCUT2D eigenvalue weighted by molar-refractivity contribution is -0.384. The number of carbonyl (C=O) groups is 5. The normalized spacial score (nSPS) is 21.5. The topological polar surface area (TPSA) is 157 Å². The van der Waals surface area contributed by atoms with Gasteiger partial charge < -0.3 is 9.15 Å². The molecule has 12 nitrogen and oxygen atoms in total. The number of nitro benzene ring substituents is 1. The Balaban J connectivity index is 1.41. The molecule has 216 valence electrons. The number of hydrogen-bond acceptors (Lipinski definition) is 9. The molecule has 42 heavy (non-hydrogen) atoms. The Morgan fingerprint density at radius 1 is 0.929 bits per heavy atom. The maximum absolute atomic E-state index is 13.7. The third-order valence-electron chi connectivity index (χ3n) is 7.09. The van der Waals surface area contributed by atoms with E-state index in [9.17, 15) is 34.1 Å². The van der Waals surface area contributed by atoms with Crippen LogP contribution >= 0.6 is 31.9 Å². The zero-order chi connectivity index (χ0) is 30.1. The molecule has 1 aliphatic carbocycles. The van der Waals surface area contributed by atoms with Gasteiger partial charge in [0.15, 0.2) is 5.78 Å². The molecule has 3 aromatic rings. The number of nitrogens with zero attached hydrogens (tertiary/aromatic N) is 3. The summed E-state index contributed by atoms with van der Waals surface area (Å²) in [5.74, 6) is -4.63. The van der Waals surface area contributed by atoms with Gasteiger partial charge in [0.2, 0.25) is 5.76 Å². The van der Waals surface area contributed by atoms with Crippen molar-refractivity contribution in [1.29, 1.82) is 0 Å². The number of rotatable bonds is 8. The number of halogens is 2. The molecule has 3 amide bonds. The molecular formula is C28H21Br2N3O9. The van der Waals surface area contributed by atoms with Crippen molar-refractivity contribution in [3.05, 3.63) is 93.9 Å². The minimum absolute atomic E-state index is 0.00600. The lowest BCUT2D eigenvalue weighted by Gasteiger charge is -2.30. The van der Waals surface area contributed by atoms with Crippen LogP contribution in [0.15, 0.2) is 71.3 Å². The summed E-state index contributed by atoms with van der Waals surface area (Å²) < 4.78 is 10.2. The number of carbonyl (C=O) groups excluding carboxylic acids is 5. The number of benzene rings is 2. The minimum Gasteiger partial charge on any atom is -0.457 e. The molecule has 0 radical (unpaired) electrons. The van der Waals surface area contributed by atoms with E-state index in [1.165, 1.54) is 54.8 Å². The van der Waals surface area contributed by atoms with Gasteiger partial charge in [-0.3, -0.25) is 29.3 Å². The minimum atomic E-state index is -0.853. The average molecular weight is 703 g/mol. The number of Topliss-reactive ketones (excluding diaryl/α,β-unsaturated/α-hetero) is 1. The first-order chi connectivity index (χ1) is 20.0. The molecule has 1 aliphatic heterocycles. The van der Waals surface area contributed by atoms with Crippen molar-refractivity contribution < 1.29 is 38.1 Å². The van der Waals surface area contributed by atoms with Gasteiger partial charge in [0.05, 0.1) is 23.0 Å². The standard InChI is InChI=1S/C28H21Br2N3O9/c29-21-12-19-20(13-22(21)30)27(37)32(26(19)36)31(25(35)16-3-7-17(8-4-16)33(39)40)14-23(34)15-5-9-18(10-6-15)42-28(38)24-2-1-11-41-24/h1-11,19-22H,12-14H2/t19-,20-,21-,22+/m1/s1. The highest BCUT2D eigenvalue weighted by Crippen LogP contribution is 2.43. The number of amides is 3. The third kappa shape index (κ3) is 5.77. The molecule has 4 atom stereocenters. The van der Waals surface area contributed by atoms with Crippen LogP contribution in [-0.2, 0) is 9.59 Å². The van der Waals surface area contributed by atoms with Crippen LogP contribution in [-0.4, -0.2) is 60.6 Å². The van der Waals surface area contributed by atoms with E-state index in [0.717, 1.165) is 22.2 Å². The molecule has 2 aliphatic rings.